The van der Waals surface area contributed by atoms with Gasteiger partial charge in [-0.2, -0.15) is 11.3 Å². The van der Waals surface area contributed by atoms with Crippen molar-refractivity contribution in [3.05, 3.63) is 50.6 Å². The summed E-state index contributed by atoms with van der Waals surface area (Å²) in [7, 11) is 0. The van der Waals surface area contributed by atoms with Crippen LogP contribution in [0.15, 0.2) is 35.0 Å². The molecule has 0 saturated heterocycles. The van der Waals surface area contributed by atoms with E-state index < -0.39 is 6.04 Å². The van der Waals surface area contributed by atoms with E-state index in [-0.39, 0.29) is 17.6 Å². The van der Waals surface area contributed by atoms with E-state index in [1.807, 2.05) is 0 Å². The molecule has 0 saturated carbocycles. The van der Waals surface area contributed by atoms with Crippen LogP contribution in [0.1, 0.15) is 49.4 Å². The molecule has 0 aliphatic carbocycles. The van der Waals surface area contributed by atoms with Crippen molar-refractivity contribution >= 4 is 57.8 Å². The molecule has 28 heavy (non-hydrogen) atoms. The van der Waals surface area contributed by atoms with Crippen LogP contribution in [0.25, 0.3) is 0 Å². The molecule has 0 aliphatic heterocycles. The first-order chi connectivity index (χ1) is 13.3. The number of ketones is 1. The molecule has 5 nitrogen and oxygen atoms in total. The molecular weight excluding hydrogens is 419 g/mol. The van der Waals surface area contributed by atoms with Gasteiger partial charge in [0.2, 0.25) is 5.91 Å². The summed E-state index contributed by atoms with van der Waals surface area (Å²) in [4.78, 5) is 36.2. The van der Waals surface area contributed by atoms with Crippen LogP contribution in [0.3, 0.4) is 0 Å². The number of unbranched alkanes of at least 4 members (excludes halogenated alkanes) is 2. The van der Waals surface area contributed by atoms with E-state index in [1.54, 1.807) is 41.9 Å². The topological polar surface area (TPSA) is 75.3 Å². The van der Waals surface area contributed by atoms with E-state index in [0.717, 1.165) is 12.8 Å². The van der Waals surface area contributed by atoms with Crippen LogP contribution in [0.5, 0.6) is 0 Å². The van der Waals surface area contributed by atoms with E-state index in [0.29, 0.717) is 40.6 Å². The minimum atomic E-state index is -0.706. The Labute approximate surface area is 178 Å². The van der Waals surface area contributed by atoms with Crippen LogP contribution < -0.4 is 10.6 Å². The summed E-state index contributed by atoms with van der Waals surface area (Å²) in [6.45, 7) is 1.56. The number of halogens is 2. The Bertz CT molecular complexity index is 805. The number of nitrogens with one attached hydrogen (secondary N) is 2. The molecule has 8 heteroatoms. The molecule has 2 rings (SSSR count). The molecule has 0 spiro atoms. The van der Waals surface area contributed by atoms with E-state index in [9.17, 15) is 14.4 Å². The van der Waals surface area contributed by atoms with Crippen LogP contribution in [0.4, 0.5) is 5.69 Å². The first-order valence-corrected chi connectivity index (χ1v) is 10.6. The van der Waals surface area contributed by atoms with Gasteiger partial charge in [0.05, 0.1) is 5.56 Å². The molecule has 0 unspecified atom stereocenters. The highest BCUT2D eigenvalue weighted by Gasteiger charge is 2.21. The van der Waals surface area contributed by atoms with Crippen LogP contribution >= 0.6 is 34.5 Å². The summed E-state index contributed by atoms with van der Waals surface area (Å²) in [6.07, 6.45) is 3.28. The van der Waals surface area contributed by atoms with Crippen LogP contribution in [0, 0.1) is 0 Å². The average molecular weight is 441 g/mol. The quantitative estimate of drug-likeness (QED) is 0.490. The number of anilines is 1. The fraction of sp³-hybridized carbons (Fsp3) is 0.350. The van der Waals surface area contributed by atoms with Gasteiger partial charge in [-0.25, -0.2) is 0 Å². The largest absolute Gasteiger partial charge is 0.340 e. The fourth-order valence-electron chi connectivity index (χ4n) is 2.66. The Morgan fingerprint density at radius 3 is 2.39 bits per heavy atom. The molecule has 2 N–H and O–H groups in total. The van der Waals surface area contributed by atoms with Crippen LogP contribution in [0.2, 0.25) is 10.0 Å². The number of carbonyl (C=O) groups is 3. The molecule has 2 aromatic rings. The maximum atomic E-state index is 12.7. The Kier molecular flexibility index (Phi) is 8.96. The summed E-state index contributed by atoms with van der Waals surface area (Å²) in [5, 5.41) is 9.90. The van der Waals surface area contributed by atoms with Crippen molar-refractivity contribution in [3.8, 4) is 0 Å². The van der Waals surface area contributed by atoms with Crippen molar-refractivity contribution in [2.75, 3.05) is 5.32 Å². The predicted octanol–water partition coefficient (Wildman–Crippen LogP) is 5.33. The van der Waals surface area contributed by atoms with Crippen molar-refractivity contribution < 1.29 is 14.4 Å². The Balaban J connectivity index is 2.01. The number of thiophene rings is 1. The second-order valence-electron chi connectivity index (χ2n) is 6.49. The summed E-state index contributed by atoms with van der Waals surface area (Å²) in [6, 6.07) is 5.76. The van der Waals surface area contributed by atoms with E-state index >= 15 is 0 Å². The van der Waals surface area contributed by atoms with Crippen molar-refractivity contribution in [1.82, 2.24) is 5.32 Å². The molecule has 1 atom stereocenters. The van der Waals surface area contributed by atoms with Crippen molar-refractivity contribution in [1.29, 1.82) is 0 Å². The highest BCUT2D eigenvalue weighted by atomic mass is 35.5. The zero-order valence-electron chi connectivity index (χ0n) is 15.5. The first kappa shape index (κ1) is 22.4. The number of amides is 2. The van der Waals surface area contributed by atoms with Gasteiger partial charge in [-0.15, -0.1) is 0 Å². The lowest BCUT2D eigenvalue weighted by Crippen LogP contribution is -2.43. The monoisotopic (exact) mass is 440 g/mol. The normalized spacial score (nSPS) is 11.7. The third kappa shape index (κ3) is 7.62. The molecule has 1 aromatic heterocycles. The van der Waals surface area contributed by atoms with E-state index in [2.05, 4.69) is 10.6 Å². The molecule has 150 valence electrons. The zero-order chi connectivity index (χ0) is 20.5. The van der Waals surface area contributed by atoms with Gasteiger partial charge >= 0.3 is 0 Å². The van der Waals surface area contributed by atoms with Gasteiger partial charge in [-0.1, -0.05) is 36.0 Å². The Hall–Kier alpha value is -1.89. The third-order valence-electron chi connectivity index (χ3n) is 4.06. The number of benzene rings is 1. The third-order valence-corrected chi connectivity index (χ3v) is 5.18. The SMILES string of the molecule is CC(=O)CCCCC[C@H](NC(=O)c1ccsc1)C(=O)Nc1cc(Cl)cc(Cl)c1. The molecule has 0 fully saturated rings. The zero-order valence-corrected chi connectivity index (χ0v) is 17.8. The summed E-state index contributed by atoms with van der Waals surface area (Å²) in [5.41, 5.74) is 0.985. The molecule has 0 radical (unpaired) electrons. The molecule has 0 bridgehead atoms. The first-order valence-electron chi connectivity index (χ1n) is 8.94. The number of Topliss-reactive ketones (excluding diaryl/α,β-unsaturated/α-hetero) is 1. The van der Waals surface area contributed by atoms with Crippen LogP contribution in [-0.2, 0) is 9.59 Å². The van der Waals surface area contributed by atoms with Gasteiger partial charge in [-0.3, -0.25) is 9.59 Å². The van der Waals surface area contributed by atoms with Gasteiger partial charge in [0.25, 0.3) is 5.91 Å². The van der Waals surface area contributed by atoms with Gasteiger partial charge in [0.15, 0.2) is 0 Å². The lowest BCUT2D eigenvalue weighted by Gasteiger charge is -2.18. The molecule has 2 amide bonds. The minimum absolute atomic E-state index is 0.151. The highest BCUT2D eigenvalue weighted by molar-refractivity contribution is 7.08. The molecular formula is C20H22Cl2N2O3S. The van der Waals surface area contributed by atoms with Crippen LogP contribution in [-0.4, -0.2) is 23.6 Å². The highest BCUT2D eigenvalue weighted by Crippen LogP contribution is 2.23. The predicted molar refractivity (Wildman–Crippen MR) is 114 cm³/mol. The molecule has 1 heterocycles. The Morgan fingerprint density at radius 2 is 1.79 bits per heavy atom. The number of carbonyl (C=O) groups excluding carboxylic acids is 3. The lowest BCUT2D eigenvalue weighted by atomic mass is 10.0. The van der Waals surface area contributed by atoms with Gasteiger partial charge in [0.1, 0.15) is 11.8 Å². The number of hydrogen-bond acceptors (Lipinski definition) is 4. The maximum Gasteiger partial charge on any atom is 0.252 e. The fourth-order valence-corrected chi connectivity index (χ4v) is 3.82. The van der Waals surface area contributed by atoms with Gasteiger partial charge < -0.3 is 15.4 Å². The minimum Gasteiger partial charge on any atom is -0.340 e. The second-order valence-corrected chi connectivity index (χ2v) is 8.14. The summed E-state index contributed by atoms with van der Waals surface area (Å²) >= 11 is 13.4. The van der Waals surface area contributed by atoms with Gasteiger partial charge in [-0.05, 0) is 49.4 Å². The maximum absolute atomic E-state index is 12.7. The number of hydrogen-bond donors (Lipinski definition) is 2. The molecule has 1 aromatic carbocycles. The van der Waals surface area contributed by atoms with Gasteiger partial charge in [0, 0.05) is 27.5 Å². The van der Waals surface area contributed by atoms with E-state index in [4.69, 9.17) is 23.2 Å². The number of rotatable bonds is 10. The van der Waals surface area contributed by atoms with Crippen molar-refractivity contribution in [2.45, 2.75) is 45.1 Å². The smallest absolute Gasteiger partial charge is 0.252 e. The van der Waals surface area contributed by atoms with E-state index in [1.165, 1.54) is 11.3 Å². The van der Waals surface area contributed by atoms with Crippen molar-refractivity contribution in [2.24, 2.45) is 0 Å². The summed E-state index contributed by atoms with van der Waals surface area (Å²) < 4.78 is 0. The standard InChI is InChI=1S/C20H22Cl2N2O3S/c1-13(25)5-3-2-4-6-18(24-19(26)14-7-8-28-12-14)20(27)23-17-10-15(21)9-16(22)11-17/h7-12,18H,2-6H2,1H3,(H,23,27)(H,24,26)/t18-/m0/s1. The summed E-state index contributed by atoms with van der Waals surface area (Å²) in [5.74, 6) is -0.486. The lowest BCUT2D eigenvalue weighted by molar-refractivity contribution is -0.118. The Morgan fingerprint density at radius 1 is 1.07 bits per heavy atom. The second kappa shape index (κ2) is 11.2. The average Bonchev–Trinajstić information content (AvgIpc) is 3.13. The van der Waals surface area contributed by atoms with Crippen molar-refractivity contribution in [3.63, 3.8) is 0 Å². The molecule has 0 aliphatic rings.